The van der Waals surface area contributed by atoms with Crippen LogP contribution in [0.3, 0.4) is 0 Å². The number of thioether (sulfide) groups is 1. The summed E-state index contributed by atoms with van der Waals surface area (Å²) in [6.45, 7) is 1.65. The molecule has 1 heterocycles. The van der Waals surface area contributed by atoms with Crippen LogP contribution in [0.2, 0.25) is 0 Å². The summed E-state index contributed by atoms with van der Waals surface area (Å²) in [7, 11) is 0. The zero-order chi connectivity index (χ0) is 20.8. The number of aromatic nitrogens is 2. The molecule has 3 rings (SSSR count). The molecule has 29 heavy (non-hydrogen) atoms. The smallest absolute Gasteiger partial charge is 0.237 e. The monoisotopic (exact) mass is 416 g/mol. The lowest BCUT2D eigenvalue weighted by Gasteiger charge is -2.13. The molecule has 2 aromatic carbocycles. The number of nitrogens with zero attached hydrogens (tertiary/aromatic N) is 2. The van der Waals surface area contributed by atoms with Crippen molar-refractivity contribution in [2.24, 2.45) is 0 Å². The Kier molecular flexibility index (Phi) is 6.61. The maximum Gasteiger partial charge on any atom is 0.237 e. The van der Waals surface area contributed by atoms with Crippen molar-refractivity contribution in [1.82, 2.24) is 9.55 Å². The number of carbonyl (C=O) groups excluding carboxylic acids is 2. The number of benzene rings is 2. The van der Waals surface area contributed by atoms with Gasteiger partial charge in [-0.2, -0.15) is 0 Å². The highest BCUT2D eigenvalue weighted by Crippen LogP contribution is 2.20. The van der Waals surface area contributed by atoms with Crippen LogP contribution in [-0.4, -0.2) is 32.4 Å². The summed E-state index contributed by atoms with van der Waals surface area (Å²) in [4.78, 5) is 28.1. The van der Waals surface area contributed by atoms with Crippen molar-refractivity contribution >= 4 is 35.0 Å². The molecule has 0 radical (unpaired) electrons. The van der Waals surface area contributed by atoms with Gasteiger partial charge in [-0.25, -0.2) is 13.8 Å². The molecule has 6 nitrogen and oxygen atoms in total. The van der Waals surface area contributed by atoms with Gasteiger partial charge in [0.05, 0.1) is 23.0 Å². The molecule has 0 aliphatic rings. The highest BCUT2D eigenvalue weighted by atomic mass is 32.2. The summed E-state index contributed by atoms with van der Waals surface area (Å²) in [5.74, 6) is -1.51. The van der Waals surface area contributed by atoms with Gasteiger partial charge in [0, 0.05) is 23.8 Å². The number of anilines is 2. The molecular weight excluding hydrogens is 398 g/mol. The van der Waals surface area contributed by atoms with Gasteiger partial charge in [0.1, 0.15) is 11.6 Å². The number of nitrogens with one attached hydrogen (secondary N) is 2. The van der Waals surface area contributed by atoms with E-state index in [2.05, 4.69) is 15.6 Å². The summed E-state index contributed by atoms with van der Waals surface area (Å²) < 4.78 is 28.7. The summed E-state index contributed by atoms with van der Waals surface area (Å²) in [6.07, 6.45) is 4.64. The Bertz CT molecular complexity index is 994. The lowest BCUT2D eigenvalue weighted by molar-refractivity contribution is -0.115. The summed E-state index contributed by atoms with van der Waals surface area (Å²) >= 11 is 1.14. The number of amides is 2. The zero-order valence-electron chi connectivity index (χ0n) is 15.4. The quantitative estimate of drug-likeness (QED) is 0.614. The fourth-order valence-electron chi connectivity index (χ4n) is 2.45. The van der Waals surface area contributed by atoms with Crippen molar-refractivity contribution in [3.63, 3.8) is 0 Å². The van der Waals surface area contributed by atoms with E-state index in [1.165, 1.54) is 41.2 Å². The van der Waals surface area contributed by atoms with Gasteiger partial charge in [0.2, 0.25) is 11.8 Å². The number of halogens is 2. The molecule has 150 valence electrons. The van der Waals surface area contributed by atoms with Crippen molar-refractivity contribution in [3.8, 4) is 5.69 Å². The van der Waals surface area contributed by atoms with Crippen LogP contribution >= 0.6 is 11.8 Å². The highest BCUT2D eigenvalue weighted by molar-refractivity contribution is 8.01. The van der Waals surface area contributed by atoms with E-state index in [9.17, 15) is 18.4 Å². The number of imidazole rings is 1. The predicted octanol–water partition coefficient (Wildman–Crippen LogP) is 3.85. The number of hydrogen-bond donors (Lipinski definition) is 2. The third kappa shape index (κ3) is 5.64. The fraction of sp³-hybridized carbons (Fsp3) is 0.150. The molecule has 1 atom stereocenters. The van der Waals surface area contributed by atoms with Crippen molar-refractivity contribution in [2.75, 3.05) is 16.4 Å². The van der Waals surface area contributed by atoms with E-state index in [0.717, 1.165) is 11.8 Å². The Morgan fingerprint density at radius 3 is 2.48 bits per heavy atom. The number of hydrogen-bond acceptors (Lipinski definition) is 4. The van der Waals surface area contributed by atoms with Crippen LogP contribution in [0.25, 0.3) is 5.69 Å². The molecule has 2 amide bonds. The van der Waals surface area contributed by atoms with E-state index < -0.39 is 16.9 Å². The molecule has 1 aromatic heterocycles. The Hall–Kier alpha value is -3.20. The molecule has 9 heteroatoms. The van der Waals surface area contributed by atoms with Crippen molar-refractivity contribution < 1.29 is 18.4 Å². The van der Waals surface area contributed by atoms with E-state index in [-0.39, 0.29) is 17.6 Å². The van der Waals surface area contributed by atoms with Gasteiger partial charge in [-0.05, 0) is 49.4 Å². The van der Waals surface area contributed by atoms with Crippen LogP contribution in [0.4, 0.5) is 20.2 Å². The molecule has 0 fully saturated rings. The SMILES string of the molecule is CC(SCC(=O)Nc1ccc(F)cc1)C(=O)Nc1ccc(-n2ccnc2)c(F)c1. The van der Waals surface area contributed by atoms with E-state index in [0.29, 0.717) is 17.1 Å². The Morgan fingerprint density at radius 2 is 1.83 bits per heavy atom. The Morgan fingerprint density at radius 1 is 1.10 bits per heavy atom. The molecule has 0 spiro atoms. The van der Waals surface area contributed by atoms with Gasteiger partial charge in [-0.1, -0.05) is 0 Å². The number of rotatable bonds is 7. The second kappa shape index (κ2) is 9.33. The fourth-order valence-corrected chi connectivity index (χ4v) is 3.13. The Balaban J connectivity index is 1.50. The predicted molar refractivity (Wildman–Crippen MR) is 109 cm³/mol. The van der Waals surface area contributed by atoms with E-state index >= 15 is 0 Å². The highest BCUT2D eigenvalue weighted by Gasteiger charge is 2.16. The molecule has 0 aliphatic carbocycles. The molecule has 0 saturated carbocycles. The number of carbonyl (C=O) groups is 2. The van der Waals surface area contributed by atoms with Crippen LogP contribution in [-0.2, 0) is 9.59 Å². The van der Waals surface area contributed by atoms with Crippen LogP contribution in [0.15, 0.2) is 61.2 Å². The van der Waals surface area contributed by atoms with Crippen LogP contribution in [0, 0.1) is 11.6 Å². The molecule has 2 N–H and O–H groups in total. The minimum Gasteiger partial charge on any atom is -0.325 e. The summed E-state index contributed by atoms with van der Waals surface area (Å²) in [5.41, 5.74) is 1.11. The standard InChI is InChI=1S/C20H18F2N4O2S/c1-13(29-11-19(27)24-15-4-2-14(21)3-5-15)20(28)25-16-6-7-18(17(22)10-16)26-9-8-23-12-26/h2-10,12-13H,11H2,1H3,(H,24,27)(H,25,28). The van der Waals surface area contributed by atoms with E-state index in [1.54, 1.807) is 31.5 Å². The molecular formula is C20H18F2N4O2S. The average Bonchev–Trinajstić information content (AvgIpc) is 3.22. The first-order valence-corrected chi connectivity index (χ1v) is 9.73. The first-order valence-electron chi connectivity index (χ1n) is 8.68. The molecule has 0 saturated heterocycles. The van der Waals surface area contributed by atoms with Gasteiger partial charge in [0.15, 0.2) is 0 Å². The maximum absolute atomic E-state index is 14.3. The third-order valence-electron chi connectivity index (χ3n) is 3.96. The molecule has 1 unspecified atom stereocenters. The second-order valence-electron chi connectivity index (χ2n) is 6.13. The van der Waals surface area contributed by atoms with E-state index in [4.69, 9.17) is 0 Å². The maximum atomic E-state index is 14.3. The Labute approximate surface area is 170 Å². The molecule has 0 aliphatic heterocycles. The summed E-state index contributed by atoms with van der Waals surface area (Å²) in [6, 6.07) is 9.76. The normalized spacial score (nSPS) is 11.7. The average molecular weight is 416 g/mol. The van der Waals surface area contributed by atoms with Gasteiger partial charge in [-0.15, -0.1) is 11.8 Å². The third-order valence-corrected chi connectivity index (χ3v) is 5.10. The van der Waals surface area contributed by atoms with Crippen molar-refractivity contribution in [2.45, 2.75) is 12.2 Å². The van der Waals surface area contributed by atoms with Gasteiger partial charge < -0.3 is 15.2 Å². The second-order valence-corrected chi connectivity index (χ2v) is 7.46. The first kappa shape index (κ1) is 20.5. The van der Waals surface area contributed by atoms with Crippen molar-refractivity contribution in [1.29, 1.82) is 0 Å². The van der Waals surface area contributed by atoms with Gasteiger partial charge in [-0.3, -0.25) is 9.59 Å². The largest absolute Gasteiger partial charge is 0.325 e. The van der Waals surface area contributed by atoms with Gasteiger partial charge in [0.25, 0.3) is 0 Å². The lowest BCUT2D eigenvalue weighted by Crippen LogP contribution is -2.25. The van der Waals surface area contributed by atoms with E-state index in [1.807, 2.05) is 0 Å². The molecule has 0 bridgehead atoms. The molecule has 3 aromatic rings. The minimum atomic E-state index is -0.537. The van der Waals surface area contributed by atoms with Gasteiger partial charge >= 0.3 is 0 Å². The lowest BCUT2D eigenvalue weighted by atomic mass is 10.2. The first-order chi connectivity index (χ1) is 13.9. The van der Waals surface area contributed by atoms with Crippen molar-refractivity contribution in [3.05, 3.63) is 72.8 Å². The van der Waals surface area contributed by atoms with Crippen LogP contribution in [0.5, 0.6) is 0 Å². The minimum absolute atomic E-state index is 0.0416. The zero-order valence-corrected chi connectivity index (χ0v) is 16.2. The van der Waals surface area contributed by atoms with Crippen LogP contribution < -0.4 is 10.6 Å². The topological polar surface area (TPSA) is 76.0 Å². The van der Waals surface area contributed by atoms with Crippen LogP contribution in [0.1, 0.15) is 6.92 Å². The summed E-state index contributed by atoms with van der Waals surface area (Å²) in [5, 5.41) is 4.72.